The second-order valence-electron chi connectivity index (χ2n) is 5.75. The van der Waals surface area contributed by atoms with Crippen LogP contribution in [0.2, 0.25) is 0 Å². The SMILES string of the molecule is CC1CCCC(C)N1C(=O)C(=O)NCCCN(C)C. The summed E-state index contributed by atoms with van der Waals surface area (Å²) in [6, 6.07) is 0.340. The van der Waals surface area contributed by atoms with Crippen molar-refractivity contribution in [3.63, 3.8) is 0 Å². The Bertz CT molecular complexity index is 308. The Kier molecular flexibility index (Phi) is 6.28. The number of amides is 2. The van der Waals surface area contributed by atoms with E-state index in [4.69, 9.17) is 0 Å². The van der Waals surface area contributed by atoms with Gasteiger partial charge in [0.05, 0.1) is 0 Å². The maximum absolute atomic E-state index is 12.2. The lowest BCUT2D eigenvalue weighted by Crippen LogP contribution is -2.53. The van der Waals surface area contributed by atoms with E-state index < -0.39 is 5.91 Å². The molecule has 1 N–H and O–H groups in total. The summed E-state index contributed by atoms with van der Waals surface area (Å²) >= 11 is 0. The molecule has 0 aromatic heterocycles. The van der Waals surface area contributed by atoms with Crippen LogP contribution in [-0.2, 0) is 9.59 Å². The molecule has 1 heterocycles. The second kappa shape index (κ2) is 7.48. The van der Waals surface area contributed by atoms with Gasteiger partial charge in [0.15, 0.2) is 0 Å². The summed E-state index contributed by atoms with van der Waals surface area (Å²) in [5, 5.41) is 2.72. The average Bonchev–Trinajstić information content (AvgIpc) is 2.33. The van der Waals surface area contributed by atoms with Crippen molar-refractivity contribution in [1.29, 1.82) is 0 Å². The van der Waals surface area contributed by atoms with E-state index in [0.717, 1.165) is 32.2 Å². The molecular formula is C14H27N3O2. The summed E-state index contributed by atoms with van der Waals surface area (Å²) in [4.78, 5) is 27.8. The van der Waals surface area contributed by atoms with E-state index in [-0.39, 0.29) is 18.0 Å². The number of hydrogen-bond acceptors (Lipinski definition) is 3. The molecule has 5 heteroatoms. The molecule has 0 saturated carbocycles. The van der Waals surface area contributed by atoms with E-state index in [1.54, 1.807) is 4.90 Å². The molecule has 19 heavy (non-hydrogen) atoms. The van der Waals surface area contributed by atoms with Gasteiger partial charge in [-0.15, -0.1) is 0 Å². The molecule has 110 valence electrons. The topological polar surface area (TPSA) is 52.7 Å². The van der Waals surface area contributed by atoms with E-state index in [1.165, 1.54) is 0 Å². The monoisotopic (exact) mass is 269 g/mol. The Hall–Kier alpha value is -1.10. The Labute approximate surface area is 116 Å². The molecule has 2 atom stereocenters. The molecular weight excluding hydrogens is 242 g/mol. The predicted octanol–water partition coefficient (Wildman–Crippen LogP) is 0.844. The van der Waals surface area contributed by atoms with Crippen LogP contribution in [0.1, 0.15) is 39.5 Å². The first kappa shape index (κ1) is 16.0. The van der Waals surface area contributed by atoms with Gasteiger partial charge in [0.1, 0.15) is 0 Å². The summed E-state index contributed by atoms with van der Waals surface area (Å²) in [7, 11) is 3.98. The number of piperidine rings is 1. The number of rotatable bonds is 4. The van der Waals surface area contributed by atoms with Crippen LogP contribution in [0.4, 0.5) is 0 Å². The molecule has 0 spiro atoms. The van der Waals surface area contributed by atoms with E-state index in [1.807, 2.05) is 27.9 Å². The zero-order valence-electron chi connectivity index (χ0n) is 12.6. The summed E-state index contributed by atoms with van der Waals surface area (Å²) in [5.74, 6) is -0.830. The first-order valence-electron chi connectivity index (χ1n) is 7.18. The standard InChI is InChI=1S/C14H27N3O2/c1-11-7-5-8-12(2)17(11)14(19)13(18)15-9-6-10-16(3)4/h11-12H,5-10H2,1-4H3,(H,15,18). The van der Waals surface area contributed by atoms with Crippen molar-refractivity contribution in [3.8, 4) is 0 Å². The first-order chi connectivity index (χ1) is 8.93. The van der Waals surface area contributed by atoms with Gasteiger partial charge in [0.2, 0.25) is 0 Å². The van der Waals surface area contributed by atoms with Gasteiger partial charge in [-0.2, -0.15) is 0 Å². The van der Waals surface area contributed by atoms with Crippen molar-refractivity contribution in [2.45, 2.75) is 51.6 Å². The minimum absolute atomic E-state index is 0.170. The molecule has 1 aliphatic heterocycles. The number of carbonyl (C=O) groups excluding carboxylic acids is 2. The fourth-order valence-corrected chi connectivity index (χ4v) is 2.61. The largest absolute Gasteiger partial charge is 0.348 e. The third-order valence-corrected chi connectivity index (χ3v) is 3.69. The Balaban J connectivity index is 2.40. The number of carbonyl (C=O) groups is 2. The molecule has 1 aliphatic rings. The molecule has 2 unspecified atom stereocenters. The molecule has 2 amide bonds. The number of hydrogen-bond donors (Lipinski definition) is 1. The lowest BCUT2D eigenvalue weighted by Gasteiger charge is -2.38. The first-order valence-corrected chi connectivity index (χ1v) is 7.18. The minimum Gasteiger partial charge on any atom is -0.348 e. The van der Waals surface area contributed by atoms with Crippen LogP contribution in [0, 0.1) is 0 Å². The summed E-state index contributed by atoms with van der Waals surface area (Å²) in [5.41, 5.74) is 0. The lowest BCUT2D eigenvalue weighted by molar-refractivity contribution is -0.150. The van der Waals surface area contributed by atoms with E-state index in [9.17, 15) is 9.59 Å². The maximum atomic E-state index is 12.2. The number of likely N-dealkylation sites (tertiary alicyclic amines) is 1. The van der Waals surface area contributed by atoms with Crippen molar-refractivity contribution in [3.05, 3.63) is 0 Å². The summed E-state index contributed by atoms with van der Waals surface area (Å²) in [6.45, 7) is 5.50. The van der Waals surface area contributed by atoms with Gasteiger partial charge >= 0.3 is 11.8 Å². The molecule has 0 bridgehead atoms. The fourth-order valence-electron chi connectivity index (χ4n) is 2.61. The van der Waals surface area contributed by atoms with Crippen LogP contribution in [0.15, 0.2) is 0 Å². The minimum atomic E-state index is -0.459. The molecule has 5 nitrogen and oxygen atoms in total. The Morgan fingerprint density at radius 2 is 1.79 bits per heavy atom. The van der Waals surface area contributed by atoms with Gasteiger partial charge in [0, 0.05) is 18.6 Å². The van der Waals surface area contributed by atoms with Gasteiger partial charge < -0.3 is 15.1 Å². The molecule has 0 aliphatic carbocycles. The smallest absolute Gasteiger partial charge is 0.312 e. The maximum Gasteiger partial charge on any atom is 0.312 e. The van der Waals surface area contributed by atoms with Gasteiger partial charge in [-0.25, -0.2) is 0 Å². The van der Waals surface area contributed by atoms with Crippen molar-refractivity contribution in [2.75, 3.05) is 27.2 Å². The molecule has 1 rings (SSSR count). The van der Waals surface area contributed by atoms with E-state index in [2.05, 4.69) is 10.2 Å². The van der Waals surface area contributed by atoms with Crippen LogP contribution in [0.5, 0.6) is 0 Å². The van der Waals surface area contributed by atoms with Crippen LogP contribution in [-0.4, -0.2) is 60.9 Å². The summed E-state index contributed by atoms with van der Waals surface area (Å²) in [6.07, 6.45) is 3.97. The number of nitrogens with one attached hydrogen (secondary N) is 1. The summed E-state index contributed by atoms with van der Waals surface area (Å²) < 4.78 is 0. The molecule has 1 saturated heterocycles. The quantitative estimate of drug-likeness (QED) is 0.608. The molecule has 0 radical (unpaired) electrons. The predicted molar refractivity (Wildman–Crippen MR) is 75.8 cm³/mol. The average molecular weight is 269 g/mol. The second-order valence-corrected chi connectivity index (χ2v) is 5.75. The van der Waals surface area contributed by atoms with Gasteiger partial charge in [-0.1, -0.05) is 0 Å². The van der Waals surface area contributed by atoms with Crippen LogP contribution in [0.25, 0.3) is 0 Å². The van der Waals surface area contributed by atoms with E-state index in [0.29, 0.717) is 6.54 Å². The highest BCUT2D eigenvalue weighted by Gasteiger charge is 2.32. The highest BCUT2D eigenvalue weighted by atomic mass is 16.2. The van der Waals surface area contributed by atoms with Crippen LogP contribution in [0.3, 0.4) is 0 Å². The zero-order chi connectivity index (χ0) is 14.4. The van der Waals surface area contributed by atoms with Gasteiger partial charge in [-0.3, -0.25) is 9.59 Å². The van der Waals surface area contributed by atoms with Crippen molar-refractivity contribution >= 4 is 11.8 Å². The highest BCUT2D eigenvalue weighted by molar-refractivity contribution is 6.35. The number of nitrogens with zero attached hydrogens (tertiary/aromatic N) is 2. The van der Waals surface area contributed by atoms with Crippen LogP contribution < -0.4 is 5.32 Å². The zero-order valence-corrected chi connectivity index (χ0v) is 12.6. The molecule has 0 aromatic rings. The molecule has 1 fully saturated rings. The normalized spacial score (nSPS) is 23.5. The third-order valence-electron chi connectivity index (χ3n) is 3.69. The Morgan fingerprint density at radius 1 is 1.21 bits per heavy atom. The van der Waals surface area contributed by atoms with Gasteiger partial charge in [0.25, 0.3) is 0 Å². The van der Waals surface area contributed by atoms with Crippen molar-refractivity contribution < 1.29 is 9.59 Å². The Morgan fingerprint density at radius 3 is 2.32 bits per heavy atom. The van der Waals surface area contributed by atoms with Crippen molar-refractivity contribution in [2.24, 2.45) is 0 Å². The lowest BCUT2D eigenvalue weighted by atomic mass is 9.97. The molecule has 0 aromatic carbocycles. The van der Waals surface area contributed by atoms with Gasteiger partial charge in [-0.05, 0) is 60.2 Å². The van der Waals surface area contributed by atoms with E-state index >= 15 is 0 Å². The third kappa shape index (κ3) is 4.82. The van der Waals surface area contributed by atoms with Crippen LogP contribution >= 0.6 is 0 Å². The fraction of sp³-hybridized carbons (Fsp3) is 0.857. The van der Waals surface area contributed by atoms with Crippen molar-refractivity contribution in [1.82, 2.24) is 15.1 Å². The highest BCUT2D eigenvalue weighted by Crippen LogP contribution is 2.22.